The zero-order valence-electron chi connectivity index (χ0n) is 17.4. The van der Waals surface area contributed by atoms with E-state index in [1.54, 1.807) is 6.07 Å². The van der Waals surface area contributed by atoms with E-state index >= 15 is 0 Å². The van der Waals surface area contributed by atoms with Gasteiger partial charge in [0.15, 0.2) is 5.75 Å². The number of aromatic hydroxyl groups is 1. The van der Waals surface area contributed by atoms with Crippen LogP contribution in [0.15, 0.2) is 58.1 Å². The van der Waals surface area contributed by atoms with Gasteiger partial charge in [-0.3, -0.25) is 14.4 Å². The molecule has 0 aliphatic heterocycles. The lowest BCUT2D eigenvalue weighted by atomic mass is 9.82. The molecule has 0 heterocycles. The first kappa shape index (κ1) is 21.1. The minimum absolute atomic E-state index is 0.0626. The molecule has 3 aromatic rings. The number of anilines is 3. The van der Waals surface area contributed by atoms with Crippen LogP contribution < -0.4 is 26.8 Å². The van der Waals surface area contributed by atoms with E-state index in [0.29, 0.717) is 0 Å². The number of benzene rings is 2. The minimum atomic E-state index is -0.678. The van der Waals surface area contributed by atoms with Crippen LogP contribution in [-0.2, 0) is 0 Å². The van der Waals surface area contributed by atoms with Gasteiger partial charge in [-0.2, -0.15) is 0 Å². The van der Waals surface area contributed by atoms with Crippen LogP contribution >= 0.6 is 0 Å². The molecular formula is C23H25N3O4. The molecule has 7 nitrogen and oxygen atoms in total. The van der Waals surface area contributed by atoms with Crippen LogP contribution in [0.5, 0.6) is 5.75 Å². The summed E-state index contributed by atoms with van der Waals surface area (Å²) in [5.74, 6) is -0.761. The third kappa shape index (κ3) is 3.91. The summed E-state index contributed by atoms with van der Waals surface area (Å²) in [4.78, 5) is 36.5. The van der Waals surface area contributed by atoms with Gasteiger partial charge in [-0.05, 0) is 23.1 Å². The van der Waals surface area contributed by atoms with Gasteiger partial charge < -0.3 is 21.1 Å². The third-order valence-electron chi connectivity index (χ3n) is 4.97. The lowest BCUT2D eigenvalue weighted by molar-refractivity contribution is 0.0960. The van der Waals surface area contributed by atoms with Gasteiger partial charge >= 0.3 is 0 Å². The lowest BCUT2D eigenvalue weighted by Gasteiger charge is -2.33. The van der Waals surface area contributed by atoms with Crippen LogP contribution in [0.25, 0.3) is 0 Å². The van der Waals surface area contributed by atoms with E-state index in [0.717, 1.165) is 5.56 Å². The van der Waals surface area contributed by atoms with E-state index < -0.39 is 16.8 Å². The average Bonchev–Trinajstić information content (AvgIpc) is 2.73. The Bertz CT molecular complexity index is 1140. The molecule has 1 amide bonds. The summed E-state index contributed by atoms with van der Waals surface area (Å²) in [7, 11) is 1.46. The second kappa shape index (κ2) is 8.02. The molecule has 0 bridgehead atoms. The monoisotopic (exact) mass is 407 g/mol. The largest absolute Gasteiger partial charge is 0.505 e. The molecule has 0 radical (unpaired) electrons. The highest BCUT2D eigenvalue weighted by molar-refractivity contribution is 5.99. The number of carbonyl (C=O) groups is 1. The molecule has 156 valence electrons. The zero-order valence-corrected chi connectivity index (χ0v) is 17.4. The van der Waals surface area contributed by atoms with Crippen molar-refractivity contribution >= 4 is 23.0 Å². The number of nitrogens with one attached hydrogen (secondary N) is 3. The molecule has 0 aliphatic carbocycles. The Labute approximate surface area is 174 Å². The summed E-state index contributed by atoms with van der Waals surface area (Å²) in [6.45, 7) is 6.11. The third-order valence-corrected chi connectivity index (χ3v) is 4.97. The van der Waals surface area contributed by atoms with Gasteiger partial charge in [-0.1, -0.05) is 57.2 Å². The molecule has 0 aromatic heterocycles. The van der Waals surface area contributed by atoms with E-state index in [1.807, 2.05) is 51.1 Å². The van der Waals surface area contributed by atoms with Crippen LogP contribution in [0.4, 0.5) is 17.1 Å². The Morgan fingerprint density at radius 2 is 1.57 bits per heavy atom. The molecule has 4 N–H and O–H groups in total. The predicted molar refractivity (Wildman–Crippen MR) is 118 cm³/mol. The van der Waals surface area contributed by atoms with Crippen molar-refractivity contribution in [3.05, 3.63) is 80.1 Å². The highest BCUT2D eigenvalue weighted by Crippen LogP contribution is 2.38. The highest BCUT2D eigenvalue weighted by Gasteiger charge is 2.31. The molecule has 0 unspecified atom stereocenters. The van der Waals surface area contributed by atoms with Crippen molar-refractivity contribution in [3.8, 4) is 5.75 Å². The van der Waals surface area contributed by atoms with Crippen molar-refractivity contribution in [3.63, 3.8) is 0 Å². The number of phenols is 1. The fraction of sp³-hybridized carbons (Fsp3) is 0.261. The molecule has 3 aromatic carbocycles. The Balaban J connectivity index is 1.96. The maximum atomic E-state index is 12.3. The van der Waals surface area contributed by atoms with Crippen LogP contribution in [0, 0.1) is 5.41 Å². The first-order valence-electron chi connectivity index (χ1n) is 9.61. The maximum absolute atomic E-state index is 12.3. The Hall–Kier alpha value is -3.61. The Morgan fingerprint density at radius 3 is 2.17 bits per heavy atom. The van der Waals surface area contributed by atoms with Crippen LogP contribution in [0.3, 0.4) is 0 Å². The average molecular weight is 407 g/mol. The number of para-hydroxylation sites is 1. The molecule has 0 saturated heterocycles. The van der Waals surface area contributed by atoms with Gasteiger partial charge in [-0.25, -0.2) is 0 Å². The number of phenolic OH excluding ortho intramolecular Hbond substituents is 1. The SMILES string of the molecule is CNC(=O)c1cccc(Nc2c(N[C@@H](c3ccccc3)C(C)(C)C)c(=O)c2=O)c1O. The van der Waals surface area contributed by atoms with E-state index in [1.165, 1.54) is 19.2 Å². The minimum Gasteiger partial charge on any atom is -0.505 e. The summed E-state index contributed by atoms with van der Waals surface area (Å²) in [6.07, 6.45) is 0. The molecule has 1 atom stereocenters. The number of carbonyl (C=O) groups excluding carboxylic acids is 1. The van der Waals surface area contributed by atoms with Crippen LogP contribution in [0.1, 0.15) is 42.7 Å². The van der Waals surface area contributed by atoms with Crippen molar-refractivity contribution in [1.29, 1.82) is 0 Å². The summed E-state index contributed by atoms with van der Waals surface area (Å²) in [5, 5.41) is 18.9. The molecule has 0 aliphatic rings. The predicted octanol–water partition coefficient (Wildman–Crippen LogP) is 3.29. The summed E-state index contributed by atoms with van der Waals surface area (Å²) >= 11 is 0. The van der Waals surface area contributed by atoms with E-state index in [4.69, 9.17) is 0 Å². The lowest BCUT2D eigenvalue weighted by Crippen LogP contribution is -2.39. The summed E-state index contributed by atoms with van der Waals surface area (Å²) < 4.78 is 0. The van der Waals surface area contributed by atoms with Gasteiger partial charge in [0, 0.05) is 7.05 Å². The number of hydrogen-bond donors (Lipinski definition) is 4. The van der Waals surface area contributed by atoms with Crippen molar-refractivity contribution < 1.29 is 9.90 Å². The molecule has 0 spiro atoms. The number of amides is 1. The summed E-state index contributed by atoms with van der Waals surface area (Å²) in [5.41, 5.74) is -0.116. The van der Waals surface area contributed by atoms with E-state index in [9.17, 15) is 19.5 Å². The van der Waals surface area contributed by atoms with Crippen LogP contribution in [-0.4, -0.2) is 18.1 Å². The normalized spacial score (nSPS) is 12.4. The van der Waals surface area contributed by atoms with Gasteiger partial charge in [0.05, 0.1) is 17.3 Å². The molecule has 7 heteroatoms. The quantitative estimate of drug-likeness (QED) is 0.369. The molecule has 30 heavy (non-hydrogen) atoms. The fourth-order valence-corrected chi connectivity index (χ4v) is 3.34. The van der Waals surface area contributed by atoms with Crippen molar-refractivity contribution in [2.45, 2.75) is 26.8 Å². The first-order chi connectivity index (χ1) is 14.1. The molecule has 0 fully saturated rings. The zero-order chi connectivity index (χ0) is 22.1. The summed E-state index contributed by atoms with van der Waals surface area (Å²) in [6, 6.07) is 14.0. The van der Waals surface area contributed by atoms with Gasteiger partial charge in [-0.15, -0.1) is 0 Å². The highest BCUT2D eigenvalue weighted by atomic mass is 16.3. The second-order valence-electron chi connectivity index (χ2n) is 8.17. The fourth-order valence-electron chi connectivity index (χ4n) is 3.34. The molecular weight excluding hydrogens is 382 g/mol. The number of rotatable bonds is 6. The smallest absolute Gasteiger partial charge is 0.254 e. The Kier molecular flexibility index (Phi) is 5.64. The van der Waals surface area contributed by atoms with Crippen molar-refractivity contribution in [2.24, 2.45) is 5.41 Å². The van der Waals surface area contributed by atoms with E-state index in [2.05, 4.69) is 16.0 Å². The van der Waals surface area contributed by atoms with Crippen molar-refractivity contribution in [1.82, 2.24) is 5.32 Å². The van der Waals surface area contributed by atoms with E-state index in [-0.39, 0.29) is 39.8 Å². The standard InChI is InChI=1S/C23H25N3O4/c1-23(2,3)21(13-9-6-5-7-10-13)26-17-16(19(28)20(17)29)25-15-12-8-11-14(18(15)27)22(30)24-4/h5-12,21,25-27H,1-4H3,(H,24,30)/t21-/m0/s1. The van der Waals surface area contributed by atoms with Gasteiger partial charge in [0.25, 0.3) is 16.8 Å². The van der Waals surface area contributed by atoms with Crippen LogP contribution in [0.2, 0.25) is 0 Å². The second-order valence-corrected chi connectivity index (χ2v) is 8.17. The van der Waals surface area contributed by atoms with Crippen molar-refractivity contribution in [2.75, 3.05) is 17.7 Å². The number of hydrogen-bond acceptors (Lipinski definition) is 6. The molecule has 3 rings (SSSR count). The topological polar surface area (TPSA) is 108 Å². The van der Waals surface area contributed by atoms with Gasteiger partial charge in [0.2, 0.25) is 0 Å². The van der Waals surface area contributed by atoms with Gasteiger partial charge in [0.1, 0.15) is 11.4 Å². The Morgan fingerprint density at radius 1 is 0.933 bits per heavy atom. The first-order valence-corrected chi connectivity index (χ1v) is 9.61. The molecule has 0 saturated carbocycles. The maximum Gasteiger partial charge on any atom is 0.254 e.